The van der Waals surface area contributed by atoms with Gasteiger partial charge < -0.3 is 5.32 Å². The molecule has 3 fully saturated rings. The minimum absolute atomic E-state index is 0.0947. The molecule has 2 heterocycles. The Balaban J connectivity index is 1.64. The second-order valence-corrected chi connectivity index (χ2v) is 5.71. The smallest absolute Gasteiger partial charge is 0.244 e. The maximum atomic E-state index is 11.8. The van der Waals surface area contributed by atoms with Gasteiger partial charge in [-0.2, -0.15) is 0 Å². The van der Waals surface area contributed by atoms with Gasteiger partial charge in [0.05, 0.1) is 12.5 Å². The van der Waals surface area contributed by atoms with Crippen LogP contribution >= 0.6 is 0 Å². The molecule has 2 saturated heterocycles. The molecular formula is C13H21N3O2. The molecule has 18 heavy (non-hydrogen) atoms. The lowest BCUT2D eigenvalue weighted by Crippen LogP contribution is -2.50. The summed E-state index contributed by atoms with van der Waals surface area (Å²) < 4.78 is 0. The molecule has 0 aromatic carbocycles. The van der Waals surface area contributed by atoms with E-state index in [2.05, 4.69) is 15.5 Å². The van der Waals surface area contributed by atoms with E-state index in [1.54, 1.807) is 0 Å². The van der Waals surface area contributed by atoms with E-state index in [1.165, 1.54) is 32.1 Å². The molecule has 0 radical (unpaired) electrons. The van der Waals surface area contributed by atoms with Crippen LogP contribution in [0.25, 0.3) is 0 Å². The first-order valence-corrected chi connectivity index (χ1v) is 7.07. The Hall–Kier alpha value is -0.940. The predicted molar refractivity (Wildman–Crippen MR) is 66.9 cm³/mol. The minimum Gasteiger partial charge on any atom is -0.313 e. The summed E-state index contributed by atoms with van der Waals surface area (Å²) in [7, 11) is 0. The molecular weight excluding hydrogens is 230 g/mol. The Morgan fingerprint density at radius 3 is 2.56 bits per heavy atom. The molecule has 5 heteroatoms. The van der Waals surface area contributed by atoms with Gasteiger partial charge in [-0.1, -0.05) is 6.42 Å². The lowest BCUT2D eigenvalue weighted by atomic mass is 10.0. The fraction of sp³-hybridized carbons (Fsp3) is 0.846. The molecule has 3 rings (SSSR count). The van der Waals surface area contributed by atoms with Gasteiger partial charge in [-0.15, -0.1) is 0 Å². The van der Waals surface area contributed by atoms with E-state index >= 15 is 0 Å². The molecule has 1 saturated carbocycles. The molecule has 2 unspecified atom stereocenters. The van der Waals surface area contributed by atoms with Crippen molar-refractivity contribution in [2.45, 2.75) is 56.7 Å². The molecule has 1 aliphatic carbocycles. The Bertz CT molecular complexity index is 348. The van der Waals surface area contributed by atoms with Crippen molar-refractivity contribution in [3.63, 3.8) is 0 Å². The number of amides is 2. The molecule has 2 atom stereocenters. The van der Waals surface area contributed by atoms with Gasteiger partial charge in [0.1, 0.15) is 0 Å². The van der Waals surface area contributed by atoms with E-state index in [1.807, 2.05) is 0 Å². The monoisotopic (exact) mass is 251 g/mol. The number of imide groups is 1. The lowest BCUT2D eigenvalue weighted by Gasteiger charge is -2.33. The van der Waals surface area contributed by atoms with Crippen LogP contribution in [0, 0.1) is 0 Å². The predicted octanol–water partition coefficient (Wildman–Crippen LogP) is 0.00800. The average molecular weight is 251 g/mol. The second kappa shape index (κ2) is 4.97. The number of carbonyl (C=O) groups is 2. The van der Waals surface area contributed by atoms with Gasteiger partial charge in [0.15, 0.2) is 0 Å². The normalized spacial score (nSPS) is 32.9. The fourth-order valence-corrected chi connectivity index (χ4v) is 3.08. The number of piperidine rings is 1. The van der Waals surface area contributed by atoms with Crippen molar-refractivity contribution in [3.05, 3.63) is 0 Å². The van der Waals surface area contributed by atoms with Gasteiger partial charge in [0.25, 0.3) is 0 Å². The van der Waals surface area contributed by atoms with E-state index in [9.17, 15) is 9.59 Å². The zero-order chi connectivity index (χ0) is 12.5. The standard InChI is InChI=1S/C13H21N3O2/c17-12-7-11(13(18)15-12)16(10-4-5-10)8-9-3-1-2-6-14-9/h9-11,14H,1-8H2,(H,15,17,18). The summed E-state index contributed by atoms with van der Waals surface area (Å²) in [4.78, 5) is 25.4. The van der Waals surface area contributed by atoms with Crippen molar-refractivity contribution in [1.82, 2.24) is 15.5 Å². The molecule has 0 spiro atoms. The van der Waals surface area contributed by atoms with Crippen LogP contribution in [0.5, 0.6) is 0 Å². The summed E-state index contributed by atoms with van der Waals surface area (Å²) in [6.45, 7) is 2.00. The highest BCUT2D eigenvalue weighted by molar-refractivity contribution is 6.05. The average Bonchev–Trinajstić information content (AvgIpc) is 3.14. The molecule has 100 valence electrons. The van der Waals surface area contributed by atoms with Crippen molar-refractivity contribution in [1.29, 1.82) is 0 Å². The van der Waals surface area contributed by atoms with E-state index in [0.29, 0.717) is 18.5 Å². The summed E-state index contributed by atoms with van der Waals surface area (Å²) in [5.74, 6) is -0.213. The molecule has 0 aromatic heterocycles. The Labute approximate surface area is 107 Å². The number of rotatable bonds is 4. The van der Waals surface area contributed by atoms with E-state index in [0.717, 1.165) is 13.1 Å². The number of nitrogens with one attached hydrogen (secondary N) is 2. The van der Waals surface area contributed by atoms with Gasteiger partial charge in [-0.3, -0.25) is 19.8 Å². The molecule has 2 N–H and O–H groups in total. The zero-order valence-corrected chi connectivity index (χ0v) is 10.7. The highest BCUT2D eigenvalue weighted by atomic mass is 16.2. The summed E-state index contributed by atoms with van der Waals surface area (Å²) >= 11 is 0. The minimum atomic E-state index is -0.214. The molecule has 0 bridgehead atoms. The number of carbonyl (C=O) groups excluding carboxylic acids is 2. The highest BCUT2D eigenvalue weighted by Crippen LogP contribution is 2.31. The Kier molecular flexibility index (Phi) is 3.35. The number of nitrogens with zero attached hydrogens (tertiary/aromatic N) is 1. The quantitative estimate of drug-likeness (QED) is 0.691. The van der Waals surface area contributed by atoms with Crippen molar-refractivity contribution in [2.75, 3.05) is 13.1 Å². The molecule has 2 amide bonds. The molecule has 3 aliphatic rings. The van der Waals surface area contributed by atoms with Crippen LogP contribution < -0.4 is 10.6 Å². The van der Waals surface area contributed by atoms with E-state index in [4.69, 9.17) is 0 Å². The fourth-order valence-electron chi connectivity index (χ4n) is 3.08. The van der Waals surface area contributed by atoms with Crippen LogP contribution in [0.1, 0.15) is 38.5 Å². The third kappa shape index (κ3) is 2.57. The van der Waals surface area contributed by atoms with Crippen LogP contribution in [0.15, 0.2) is 0 Å². The van der Waals surface area contributed by atoms with Crippen molar-refractivity contribution in [3.8, 4) is 0 Å². The zero-order valence-electron chi connectivity index (χ0n) is 10.7. The Morgan fingerprint density at radius 1 is 1.17 bits per heavy atom. The van der Waals surface area contributed by atoms with Crippen LogP contribution in [0.4, 0.5) is 0 Å². The van der Waals surface area contributed by atoms with E-state index < -0.39 is 0 Å². The summed E-state index contributed by atoms with van der Waals surface area (Å²) in [5.41, 5.74) is 0. The summed E-state index contributed by atoms with van der Waals surface area (Å²) in [5, 5.41) is 5.95. The van der Waals surface area contributed by atoms with E-state index in [-0.39, 0.29) is 17.9 Å². The third-order valence-electron chi connectivity index (χ3n) is 4.20. The highest BCUT2D eigenvalue weighted by Gasteiger charge is 2.42. The van der Waals surface area contributed by atoms with Crippen LogP contribution in [-0.2, 0) is 9.59 Å². The first-order chi connectivity index (χ1) is 8.74. The molecule has 2 aliphatic heterocycles. The van der Waals surface area contributed by atoms with Crippen molar-refractivity contribution < 1.29 is 9.59 Å². The van der Waals surface area contributed by atoms with Gasteiger partial charge in [-0.25, -0.2) is 0 Å². The molecule has 5 nitrogen and oxygen atoms in total. The third-order valence-corrected chi connectivity index (χ3v) is 4.20. The Morgan fingerprint density at radius 2 is 2.00 bits per heavy atom. The SMILES string of the molecule is O=C1CC(N(CC2CCCCN2)C2CC2)C(=O)N1. The van der Waals surface area contributed by atoms with Gasteiger partial charge in [0, 0.05) is 18.6 Å². The maximum absolute atomic E-state index is 11.8. The largest absolute Gasteiger partial charge is 0.313 e. The topological polar surface area (TPSA) is 61.4 Å². The number of hydrogen-bond acceptors (Lipinski definition) is 4. The second-order valence-electron chi connectivity index (χ2n) is 5.71. The molecule has 0 aromatic rings. The first kappa shape index (κ1) is 12.1. The van der Waals surface area contributed by atoms with Crippen molar-refractivity contribution in [2.24, 2.45) is 0 Å². The van der Waals surface area contributed by atoms with Gasteiger partial charge >= 0.3 is 0 Å². The summed E-state index contributed by atoms with van der Waals surface area (Å²) in [6.07, 6.45) is 6.40. The number of hydrogen-bond donors (Lipinski definition) is 2. The van der Waals surface area contributed by atoms with Gasteiger partial charge in [0.2, 0.25) is 11.8 Å². The maximum Gasteiger partial charge on any atom is 0.244 e. The van der Waals surface area contributed by atoms with Crippen LogP contribution in [0.3, 0.4) is 0 Å². The summed E-state index contributed by atoms with van der Waals surface area (Å²) in [6, 6.07) is 0.798. The van der Waals surface area contributed by atoms with Crippen molar-refractivity contribution >= 4 is 11.8 Å². The van der Waals surface area contributed by atoms with Crippen LogP contribution in [0.2, 0.25) is 0 Å². The lowest BCUT2D eigenvalue weighted by molar-refractivity contribution is -0.126. The first-order valence-electron chi connectivity index (χ1n) is 7.07. The van der Waals surface area contributed by atoms with Gasteiger partial charge in [-0.05, 0) is 32.2 Å². The van der Waals surface area contributed by atoms with Crippen LogP contribution in [-0.4, -0.2) is 47.9 Å².